The lowest BCUT2D eigenvalue weighted by molar-refractivity contribution is 0.0696. The molecule has 4 heteroatoms. The van der Waals surface area contributed by atoms with Gasteiger partial charge >= 0.3 is 5.97 Å². The molecule has 76 valence electrons. The van der Waals surface area contributed by atoms with Crippen LogP contribution in [0.25, 0.3) is 0 Å². The van der Waals surface area contributed by atoms with Crippen LogP contribution in [-0.2, 0) is 6.54 Å². The normalized spacial score (nSPS) is 9.86. The maximum atomic E-state index is 10.7. The van der Waals surface area contributed by atoms with Gasteiger partial charge in [-0.25, -0.2) is 4.79 Å². The summed E-state index contributed by atoms with van der Waals surface area (Å²) in [4.78, 5) is 10.7. The number of carboxylic acid groups (broad SMARTS) is 1. The second-order valence-electron chi connectivity index (χ2n) is 2.76. The lowest BCUT2D eigenvalue weighted by Crippen LogP contribution is -2.04. The van der Waals surface area contributed by atoms with E-state index in [1.807, 2.05) is 6.92 Å². The van der Waals surface area contributed by atoms with Gasteiger partial charge in [-0.2, -0.15) is 0 Å². The van der Waals surface area contributed by atoms with E-state index in [0.29, 0.717) is 18.9 Å². The smallest absolute Gasteiger partial charge is 0.335 e. The monoisotopic (exact) mass is 195 g/mol. The van der Waals surface area contributed by atoms with Crippen LogP contribution in [0.4, 0.5) is 0 Å². The third-order valence-electron chi connectivity index (χ3n) is 1.83. The number of rotatable bonds is 4. The van der Waals surface area contributed by atoms with E-state index in [-0.39, 0.29) is 5.56 Å². The number of hydrogen-bond acceptors (Lipinski definition) is 3. The average Bonchev–Trinajstić information content (AvgIpc) is 2.18. The Balaban J connectivity index is 3.07. The van der Waals surface area contributed by atoms with E-state index < -0.39 is 5.97 Å². The van der Waals surface area contributed by atoms with Gasteiger partial charge in [0.05, 0.1) is 12.2 Å². The summed E-state index contributed by atoms with van der Waals surface area (Å²) >= 11 is 0. The highest BCUT2D eigenvalue weighted by Crippen LogP contribution is 2.20. The molecule has 0 aliphatic rings. The molecule has 4 nitrogen and oxygen atoms in total. The zero-order valence-electron chi connectivity index (χ0n) is 7.99. The van der Waals surface area contributed by atoms with Crippen molar-refractivity contribution in [3.05, 3.63) is 29.3 Å². The third kappa shape index (κ3) is 2.23. The predicted molar refractivity (Wildman–Crippen MR) is 52.5 cm³/mol. The molecule has 1 aromatic rings. The first kappa shape index (κ1) is 10.5. The summed E-state index contributed by atoms with van der Waals surface area (Å²) in [6.45, 7) is 2.68. The molecule has 1 aromatic carbocycles. The van der Waals surface area contributed by atoms with Gasteiger partial charge in [-0.1, -0.05) is 6.07 Å². The molecule has 1 rings (SSSR count). The van der Waals surface area contributed by atoms with Crippen molar-refractivity contribution in [2.24, 2.45) is 5.73 Å². The number of carbonyl (C=O) groups is 1. The summed E-state index contributed by atoms with van der Waals surface area (Å²) in [5.41, 5.74) is 6.51. The molecule has 0 heterocycles. The average molecular weight is 195 g/mol. The molecule has 0 aliphatic heterocycles. The number of carboxylic acids is 1. The quantitative estimate of drug-likeness (QED) is 0.758. The van der Waals surface area contributed by atoms with Gasteiger partial charge in [0.1, 0.15) is 5.75 Å². The summed E-state index contributed by atoms with van der Waals surface area (Å²) in [6, 6.07) is 4.69. The molecule has 0 radical (unpaired) electrons. The molecule has 0 saturated carbocycles. The molecule has 0 saturated heterocycles. The number of aromatic carboxylic acids is 1. The van der Waals surface area contributed by atoms with Gasteiger partial charge in [0.25, 0.3) is 0 Å². The molecular weight excluding hydrogens is 182 g/mol. The SMILES string of the molecule is CCOc1cc(C(=O)O)ccc1CN. The van der Waals surface area contributed by atoms with Gasteiger partial charge in [0.15, 0.2) is 0 Å². The van der Waals surface area contributed by atoms with Crippen molar-refractivity contribution in [2.75, 3.05) is 6.61 Å². The largest absolute Gasteiger partial charge is 0.494 e. The van der Waals surface area contributed by atoms with Crippen molar-refractivity contribution >= 4 is 5.97 Å². The van der Waals surface area contributed by atoms with E-state index in [0.717, 1.165) is 5.56 Å². The minimum absolute atomic E-state index is 0.214. The fourth-order valence-corrected chi connectivity index (χ4v) is 1.15. The third-order valence-corrected chi connectivity index (χ3v) is 1.83. The first-order valence-electron chi connectivity index (χ1n) is 4.38. The Hall–Kier alpha value is -1.55. The first-order chi connectivity index (χ1) is 6.69. The zero-order valence-corrected chi connectivity index (χ0v) is 7.99. The Morgan fingerprint density at radius 2 is 2.29 bits per heavy atom. The topological polar surface area (TPSA) is 72.5 Å². The maximum Gasteiger partial charge on any atom is 0.335 e. The second-order valence-corrected chi connectivity index (χ2v) is 2.76. The number of hydrogen-bond donors (Lipinski definition) is 2. The molecule has 3 N–H and O–H groups in total. The Bertz CT molecular complexity index is 336. The van der Waals surface area contributed by atoms with Crippen molar-refractivity contribution in [1.82, 2.24) is 0 Å². The van der Waals surface area contributed by atoms with E-state index >= 15 is 0 Å². The molecule has 0 unspecified atom stereocenters. The molecule has 14 heavy (non-hydrogen) atoms. The van der Waals surface area contributed by atoms with Crippen molar-refractivity contribution < 1.29 is 14.6 Å². The van der Waals surface area contributed by atoms with Gasteiger partial charge in [0.2, 0.25) is 0 Å². The van der Waals surface area contributed by atoms with Crippen LogP contribution < -0.4 is 10.5 Å². The Kier molecular flexibility index (Phi) is 3.48. The van der Waals surface area contributed by atoms with Crippen LogP contribution in [0.3, 0.4) is 0 Å². The highest BCUT2D eigenvalue weighted by Gasteiger charge is 2.07. The fraction of sp³-hybridized carbons (Fsp3) is 0.300. The van der Waals surface area contributed by atoms with Crippen LogP contribution in [0.5, 0.6) is 5.75 Å². The van der Waals surface area contributed by atoms with Gasteiger partial charge in [-0.05, 0) is 19.1 Å². The molecule has 0 fully saturated rings. The fourth-order valence-electron chi connectivity index (χ4n) is 1.15. The van der Waals surface area contributed by atoms with Crippen LogP contribution in [0, 0.1) is 0 Å². The minimum atomic E-state index is -0.963. The van der Waals surface area contributed by atoms with Crippen LogP contribution in [-0.4, -0.2) is 17.7 Å². The maximum absolute atomic E-state index is 10.7. The van der Waals surface area contributed by atoms with Gasteiger partial charge < -0.3 is 15.6 Å². The predicted octanol–water partition coefficient (Wildman–Crippen LogP) is 1.24. The van der Waals surface area contributed by atoms with E-state index in [2.05, 4.69) is 0 Å². The van der Waals surface area contributed by atoms with E-state index in [9.17, 15) is 4.79 Å². The number of benzene rings is 1. The first-order valence-corrected chi connectivity index (χ1v) is 4.38. The summed E-state index contributed by atoms with van der Waals surface area (Å²) in [6.07, 6.45) is 0. The lowest BCUT2D eigenvalue weighted by Gasteiger charge is -2.08. The van der Waals surface area contributed by atoms with Crippen molar-refractivity contribution in [1.29, 1.82) is 0 Å². The van der Waals surface area contributed by atoms with E-state index in [1.165, 1.54) is 12.1 Å². The standard InChI is InChI=1S/C10H13NO3/c1-2-14-9-5-7(10(12)13)3-4-8(9)6-11/h3-5H,2,6,11H2,1H3,(H,12,13). The summed E-state index contributed by atoms with van der Waals surface area (Å²) in [5, 5.41) is 8.75. The van der Waals surface area contributed by atoms with E-state index in [4.69, 9.17) is 15.6 Å². The molecular formula is C10H13NO3. The van der Waals surface area contributed by atoms with Crippen LogP contribution in [0.15, 0.2) is 18.2 Å². The Morgan fingerprint density at radius 3 is 2.79 bits per heavy atom. The molecule has 0 aliphatic carbocycles. The van der Waals surface area contributed by atoms with Crippen LogP contribution >= 0.6 is 0 Å². The second kappa shape index (κ2) is 4.62. The minimum Gasteiger partial charge on any atom is -0.494 e. The highest BCUT2D eigenvalue weighted by atomic mass is 16.5. The molecule has 0 spiro atoms. The van der Waals surface area contributed by atoms with Crippen LogP contribution in [0.1, 0.15) is 22.8 Å². The molecule has 0 aromatic heterocycles. The highest BCUT2D eigenvalue weighted by molar-refractivity contribution is 5.88. The Labute approximate surface area is 82.3 Å². The van der Waals surface area contributed by atoms with E-state index in [1.54, 1.807) is 6.07 Å². The van der Waals surface area contributed by atoms with Crippen molar-refractivity contribution in [3.63, 3.8) is 0 Å². The molecule has 0 atom stereocenters. The van der Waals surface area contributed by atoms with Crippen LogP contribution in [0.2, 0.25) is 0 Å². The summed E-state index contributed by atoms with van der Waals surface area (Å²) in [7, 11) is 0. The van der Waals surface area contributed by atoms with Crippen molar-refractivity contribution in [2.45, 2.75) is 13.5 Å². The Morgan fingerprint density at radius 1 is 1.57 bits per heavy atom. The van der Waals surface area contributed by atoms with Crippen molar-refractivity contribution in [3.8, 4) is 5.75 Å². The number of ether oxygens (including phenoxy) is 1. The molecule has 0 bridgehead atoms. The summed E-state index contributed by atoms with van der Waals surface area (Å²) < 4.78 is 5.28. The number of nitrogens with two attached hydrogens (primary N) is 1. The molecule has 0 amide bonds. The lowest BCUT2D eigenvalue weighted by atomic mass is 10.1. The zero-order chi connectivity index (χ0) is 10.6. The van der Waals surface area contributed by atoms with Gasteiger partial charge in [0, 0.05) is 12.1 Å². The van der Waals surface area contributed by atoms with Gasteiger partial charge in [-0.15, -0.1) is 0 Å². The van der Waals surface area contributed by atoms with Gasteiger partial charge in [-0.3, -0.25) is 0 Å². The summed E-state index contributed by atoms with van der Waals surface area (Å²) in [5.74, 6) is -0.413.